The Morgan fingerprint density at radius 3 is 2.71 bits per heavy atom. The van der Waals surface area contributed by atoms with Crippen LogP contribution in [0.2, 0.25) is 0 Å². The molecule has 4 heteroatoms. The van der Waals surface area contributed by atoms with Gasteiger partial charge < -0.3 is 9.84 Å². The second-order valence-corrected chi connectivity index (χ2v) is 3.65. The summed E-state index contributed by atoms with van der Waals surface area (Å²) in [6.07, 6.45) is 4.24. The molecular formula is C13H15O4. The first-order chi connectivity index (χ1) is 8.24. The second kappa shape index (κ2) is 7.44. The first-order valence-electron chi connectivity index (χ1n) is 5.56. The van der Waals surface area contributed by atoms with Crippen LogP contribution in [-0.4, -0.2) is 24.0 Å². The van der Waals surface area contributed by atoms with Crippen LogP contribution < -0.4 is 4.74 Å². The van der Waals surface area contributed by atoms with Crippen LogP contribution in [-0.2, 0) is 9.59 Å². The molecule has 0 bridgehead atoms. The fraction of sp³-hybridized carbons (Fsp3) is 0.385. The van der Waals surface area contributed by atoms with Crippen molar-refractivity contribution in [2.45, 2.75) is 25.7 Å². The molecule has 4 nitrogen and oxygen atoms in total. The van der Waals surface area contributed by atoms with Gasteiger partial charge >= 0.3 is 5.97 Å². The van der Waals surface area contributed by atoms with Gasteiger partial charge in [0.1, 0.15) is 5.75 Å². The lowest BCUT2D eigenvalue weighted by Crippen LogP contribution is -2.01. The molecule has 0 aliphatic rings. The van der Waals surface area contributed by atoms with Crippen LogP contribution in [0.25, 0.3) is 0 Å². The van der Waals surface area contributed by atoms with Gasteiger partial charge in [-0.25, -0.2) is 0 Å². The van der Waals surface area contributed by atoms with Crippen molar-refractivity contribution >= 4 is 12.3 Å². The van der Waals surface area contributed by atoms with E-state index in [1.807, 2.05) is 6.29 Å². The predicted molar refractivity (Wildman–Crippen MR) is 62.8 cm³/mol. The minimum absolute atomic E-state index is 0.193. The first-order valence-corrected chi connectivity index (χ1v) is 5.56. The molecule has 1 N–H and O–H groups in total. The molecule has 0 amide bonds. The monoisotopic (exact) mass is 235 g/mol. The maximum atomic E-state index is 10.6. The van der Waals surface area contributed by atoms with E-state index in [-0.39, 0.29) is 6.42 Å². The molecule has 1 radical (unpaired) electrons. The maximum absolute atomic E-state index is 10.6. The lowest BCUT2D eigenvalue weighted by Gasteiger charge is -2.07. The summed E-state index contributed by atoms with van der Waals surface area (Å²) in [6.45, 7) is 0.484. The first kappa shape index (κ1) is 13.2. The summed E-state index contributed by atoms with van der Waals surface area (Å²) in [5.74, 6) is -0.243. The number of benzene rings is 1. The number of carbonyl (C=O) groups is 1. The number of ether oxygens (including phenoxy) is 1. The average Bonchev–Trinajstić information content (AvgIpc) is 2.33. The van der Waals surface area contributed by atoms with E-state index in [1.165, 1.54) is 0 Å². The molecule has 0 fully saturated rings. The number of carboxylic acid groups (broad SMARTS) is 1. The minimum atomic E-state index is -0.771. The van der Waals surface area contributed by atoms with Crippen molar-refractivity contribution in [3.63, 3.8) is 0 Å². The number of aliphatic carboxylic acids is 1. The molecule has 91 valence electrons. The van der Waals surface area contributed by atoms with E-state index >= 15 is 0 Å². The Morgan fingerprint density at radius 1 is 1.24 bits per heavy atom. The highest BCUT2D eigenvalue weighted by molar-refractivity contribution is 5.79. The summed E-state index contributed by atoms with van der Waals surface area (Å²) in [5.41, 5.74) is 0.415. The molecule has 0 spiro atoms. The van der Waals surface area contributed by atoms with Gasteiger partial charge in [0.05, 0.1) is 12.2 Å². The quantitative estimate of drug-likeness (QED) is 0.701. The van der Waals surface area contributed by atoms with Gasteiger partial charge in [-0.2, -0.15) is 0 Å². The normalized spacial score (nSPS) is 9.88. The number of hydrogen-bond donors (Lipinski definition) is 1. The lowest BCUT2D eigenvalue weighted by molar-refractivity contribution is -0.137. The Morgan fingerprint density at radius 2 is 2.00 bits per heavy atom. The molecule has 0 unspecified atom stereocenters. The number of unbranched alkanes of at least 4 members (excludes halogenated alkanes) is 2. The molecule has 0 aliphatic carbocycles. The molecule has 0 atom stereocenters. The summed E-state index contributed by atoms with van der Waals surface area (Å²) in [5, 5.41) is 8.44. The lowest BCUT2D eigenvalue weighted by atomic mass is 10.2. The van der Waals surface area contributed by atoms with E-state index in [0.717, 1.165) is 12.8 Å². The van der Waals surface area contributed by atoms with E-state index in [9.17, 15) is 9.59 Å². The molecule has 0 aliphatic heterocycles. The Bertz CT molecular complexity index is 373. The Hall–Kier alpha value is -1.84. The smallest absolute Gasteiger partial charge is 0.303 e. The van der Waals surface area contributed by atoms with E-state index < -0.39 is 5.97 Å². The molecule has 0 saturated carbocycles. The van der Waals surface area contributed by atoms with E-state index in [1.54, 1.807) is 24.3 Å². The van der Waals surface area contributed by atoms with Crippen molar-refractivity contribution in [1.82, 2.24) is 0 Å². The third kappa shape index (κ3) is 5.15. The summed E-state index contributed by atoms with van der Waals surface area (Å²) in [4.78, 5) is 20.8. The zero-order valence-corrected chi connectivity index (χ0v) is 9.52. The SMILES string of the molecule is O=[C]c1ccccc1OCCCCCC(=O)O. The molecule has 17 heavy (non-hydrogen) atoms. The summed E-state index contributed by atoms with van der Waals surface area (Å²) in [7, 11) is 0. The van der Waals surface area contributed by atoms with Gasteiger partial charge in [-0.1, -0.05) is 12.1 Å². The largest absolute Gasteiger partial charge is 0.493 e. The van der Waals surface area contributed by atoms with Crippen molar-refractivity contribution in [3.05, 3.63) is 29.8 Å². The Labute approximate surface area is 100 Å². The van der Waals surface area contributed by atoms with Crippen molar-refractivity contribution in [2.75, 3.05) is 6.61 Å². The number of carboxylic acids is 1. The van der Waals surface area contributed by atoms with Gasteiger partial charge in [0, 0.05) is 6.42 Å². The van der Waals surface area contributed by atoms with Crippen LogP contribution in [0.4, 0.5) is 0 Å². The molecule has 0 aromatic heterocycles. The summed E-state index contributed by atoms with van der Waals surface area (Å²) >= 11 is 0. The highest BCUT2D eigenvalue weighted by Crippen LogP contribution is 2.15. The summed E-state index contributed by atoms with van der Waals surface area (Å²) < 4.78 is 5.43. The van der Waals surface area contributed by atoms with E-state index in [4.69, 9.17) is 9.84 Å². The van der Waals surface area contributed by atoms with Crippen molar-refractivity contribution < 1.29 is 19.4 Å². The standard InChI is InChI=1S/C13H15O4/c14-10-11-6-3-4-7-12(11)17-9-5-1-2-8-13(15)16/h3-4,6-7H,1-2,5,8-9H2,(H,15,16). The number of para-hydroxylation sites is 1. The van der Waals surface area contributed by atoms with Crippen LogP contribution in [0.5, 0.6) is 5.75 Å². The van der Waals surface area contributed by atoms with Crippen LogP contribution in [0, 0.1) is 0 Å². The zero-order chi connectivity index (χ0) is 12.5. The molecule has 1 rings (SSSR count). The third-order valence-electron chi connectivity index (χ3n) is 2.29. The Kier molecular flexibility index (Phi) is 5.79. The number of carbonyl (C=O) groups excluding carboxylic acids is 1. The minimum Gasteiger partial charge on any atom is -0.493 e. The van der Waals surface area contributed by atoms with Crippen LogP contribution >= 0.6 is 0 Å². The van der Waals surface area contributed by atoms with Gasteiger partial charge in [-0.05, 0) is 31.4 Å². The van der Waals surface area contributed by atoms with Crippen molar-refractivity contribution in [1.29, 1.82) is 0 Å². The second-order valence-electron chi connectivity index (χ2n) is 3.65. The number of hydrogen-bond acceptors (Lipinski definition) is 3. The van der Waals surface area contributed by atoms with Gasteiger partial charge in [-0.15, -0.1) is 0 Å². The van der Waals surface area contributed by atoms with Gasteiger partial charge in [0.25, 0.3) is 0 Å². The van der Waals surface area contributed by atoms with Crippen molar-refractivity contribution in [3.8, 4) is 5.75 Å². The van der Waals surface area contributed by atoms with Crippen molar-refractivity contribution in [2.24, 2.45) is 0 Å². The average molecular weight is 235 g/mol. The predicted octanol–water partition coefficient (Wildman–Crippen LogP) is 2.17. The molecule has 1 aromatic carbocycles. The van der Waals surface area contributed by atoms with Crippen LogP contribution in [0.3, 0.4) is 0 Å². The highest BCUT2D eigenvalue weighted by Gasteiger charge is 2.02. The summed E-state index contributed by atoms with van der Waals surface area (Å²) in [6, 6.07) is 6.91. The fourth-order valence-electron chi connectivity index (χ4n) is 1.41. The van der Waals surface area contributed by atoms with E-state index in [2.05, 4.69) is 0 Å². The fourth-order valence-corrected chi connectivity index (χ4v) is 1.41. The third-order valence-corrected chi connectivity index (χ3v) is 2.29. The molecule has 1 aromatic rings. The van der Waals surface area contributed by atoms with Gasteiger partial charge in [-0.3, -0.25) is 9.59 Å². The number of rotatable bonds is 8. The molecular weight excluding hydrogens is 220 g/mol. The van der Waals surface area contributed by atoms with Crippen LogP contribution in [0.15, 0.2) is 24.3 Å². The van der Waals surface area contributed by atoms with Gasteiger partial charge in [0.15, 0.2) is 0 Å². The molecule has 0 saturated heterocycles. The zero-order valence-electron chi connectivity index (χ0n) is 9.52. The van der Waals surface area contributed by atoms with Gasteiger partial charge in [0.2, 0.25) is 6.29 Å². The maximum Gasteiger partial charge on any atom is 0.303 e. The topological polar surface area (TPSA) is 63.6 Å². The van der Waals surface area contributed by atoms with E-state index in [0.29, 0.717) is 24.3 Å². The van der Waals surface area contributed by atoms with Crippen LogP contribution in [0.1, 0.15) is 31.2 Å². The Balaban J connectivity index is 2.22. The molecule has 0 heterocycles. The highest BCUT2D eigenvalue weighted by atomic mass is 16.5.